The molecule has 1 unspecified atom stereocenters. The van der Waals surface area contributed by atoms with Crippen molar-refractivity contribution in [3.05, 3.63) is 22.7 Å². The van der Waals surface area contributed by atoms with Gasteiger partial charge < -0.3 is 9.54 Å². The highest BCUT2D eigenvalue weighted by Gasteiger charge is 1.98. The monoisotopic (exact) mass is 160 g/mol. The molecule has 1 rings (SSSR count). The smallest absolute Gasteiger partial charge is 0.266 e. The van der Waals surface area contributed by atoms with Gasteiger partial charge in [-0.3, -0.25) is 4.79 Å². The number of hydrogen-bond donors (Lipinski definition) is 2. The first kappa shape index (κ1) is 7.10. The normalized spacial score (nSPS) is 12.9. The van der Waals surface area contributed by atoms with Gasteiger partial charge in [0.25, 0.3) is 5.56 Å². The number of nitrogens with one attached hydrogen (secondary N) is 1. The van der Waals surface area contributed by atoms with Gasteiger partial charge in [0.05, 0.1) is 6.20 Å². The fourth-order valence-electron chi connectivity index (χ4n) is 0.425. The number of aromatic amines is 1. The third-order valence-corrected chi connectivity index (χ3v) is 1.41. The van der Waals surface area contributed by atoms with E-state index >= 15 is 0 Å². The van der Waals surface area contributed by atoms with Gasteiger partial charge in [0.2, 0.25) is 11.1 Å². The van der Waals surface area contributed by atoms with Crippen LogP contribution in [-0.4, -0.2) is 18.7 Å². The third kappa shape index (κ3) is 1.49. The lowest BCUT2D eigenvalue weighted by Crippen LogP contribution is -2.06. The Balaban J connectivity index is 3.12. The molecule has 10 heavy (non-hydrogen) atoms. The van der Waals surface area contributed by atoms with Gasteiger partial charge in [-0.2, -0.15) is 0 Å². The molecule has 1 aromatic rings. The van der Waals surface area contributed by atoms with Crippen molar-refractivity contribution in [3.63, 3.8) is 0 Å². The highest BCUT2D eigenvalue weighted by molar-refractivity contribution is 7.79. The number of rotatable bonds is 1. The van der Waals surface area contributed by atoms with E-state index in [1.54, 1.807) is 0 Å². The minimum absolute atomic E-state index is 0.0559. The maximum absolute atomic E-state index is 10.3. The first-order valence-electron chi connectivity index (χ1n) is 2.36. The van der Waals surface area contributed by atoms with E-state index in [-0.39, 0.29) is 5.03 Å². The van der Waals surface area contributed by atoms with Crippen molar-refractivity contribution >= 4 is 11.1 Å². The summed E-state index contributed by atoms with van der Waals surface area (Å²) in [5, 5.41) is -0.0559. The quantitative estimate of drug-likeness (QED) is 0.535. The molecule has 1 heterocycles. The van der Waals surface area contributed by atoms with Gasteiger partial charge in [0, 0.05) is 6.20 Å². The fourth-order valence-corrected chi connectivity index (χ4v) is 0.728. The highest BCUT2D eigenvalue weighted by atomic mass is 32.2. The molecule has 0 aliphatic rings. The van der Waals surface area contributed by atoms with Crippen molar-refractivity contribution in [2.75, 3.05) is 0 Å². The minimum Gasteiger partial charge on any atom is -0.325 e. The summed E-state index contributed by atoms with van der Waals surface area (Å²) in [5.41, 5.74) is -0.394. The van der Waals surface area contributed by atoms with Crippen LogP contribution in [0.3, 0.4) is 0 Å². The molecule has 0 aliphatic heterocycles. The van der Waals surface area contributed by atoms with E-state index < -0.39 is 16.6 Å². The first-order valence-corrected chi connectivity index (χ1v) is 3.46. The summed E-state index contributed by atoms with van der Waals surface area (Å²) in [5.74, 6) is 0. The zero-order valence-electron chi connectivity index (χ0n) is 4.77. The van der Waals surface area contributed by atoms with Crippen LogP contribution in [0.15, 0.2) is 22.2 Å². The van der Waals surface area contributed by atoms with Crippen LogP contribution in [0.2, 0.25) is 0 Å². The van der Waals surface area contributed by atoms with E-state index in [9.17, 15) is 9.00 Å². The third-order valence-electron chi connectivity index (χ3n) is 0.826. The van der Waals surface area contributed by atoms with Crippen molar-refractivity contribution in [1.29, 1.82) is 0 Å². The molecule has 0 aliphatic carbocycles. The lowest BCUT2D eigenvalue weighted by Gasteiger charge is -1.88. The fraction of sp³-hybridized carbons (Fsp3) is 0. The van der Waals surface area contributed by atoms with Gasteiger partial charge in [0.15, 0.2) is 5.03 Å². The molecule has 0 fully saturated rings. The summed E-state index contributed by atoms with van der Waals surface area (Å²) in [4.78, 5) is 15.9. The van der Waals surface area contributed by atoms with Crippen LogP contribution in [0.4, 0.5) is 0 Å². The molecule has 0 radical (unpaired) electrons. The van der Waals surface area contributed by atoms with E-state index in [0.29, 0.717) is 0 Å². The number of H-pyrrole nitrogens is 1. The van der Waals surface area contributed by atoms with Crippen LogP contribution >= 0.6 is 0 Å². The Morgan fingerprint density at radius 1 is 1.70 bits per heavy atom. The second-order valence-electron chi connectivity index (χ2n) is 1.50. The van der Waals surface area contributed by atoms with Crippen LogP contribution in [-0.2, 0) is 11.1 Å². The predicted octanol–water partition coefficient (Wildman–Crippen LogP) is -0.650. The molecule has 6 heteroatoms. The Labute approximate surface area is 58.4 Å². The molecule has 0 saturated heterocycles. The van der Waals surface area contributed by atoms with Crippen LogP contribution < -0.4 is 5.56 Å². The average Bonchev–Trinajstić information content (AvgIpc) is 1.88. The van der Waals surface area contributed by atoms with E-state index in [0.717, 1.165) is 12.4 Å². The lowest BCUT2D eigenvalue weighted by molar-refractivity contribution is 0.559. The van der Waals surface area contributed by atoms with Crippen molar-refractivity contribution in [1.82, 2.24) is 9.97 Å². The molecule has 0 amide bonds. The summed E-state index contributed by atoms with van der Waals surface area (Å²) in [6.07, 6.45) is 2.04. The van der Waals surface area contributed by atoms with Gasteiger partial charge >= 0.3 is 0 Å². The summed E-state index contributed by atoms with van der Waals surface area (Å²) in [6, 6.07) is 0. The second kappa shape index (κ2) is 2.72. The van der Waals surface area contributed by atoms with Gasteiger partial charge in [-0.1, -0.05) is 0 Å². The number of aromatic nitrogens is 2. The largest absolute Gasteiger partial charge is 0.325 e. The Kier molecular flexibility index (Phi) is 1.93. The van der Waals surface area contributed by atoms with Crippen molar-refractivity contribution in [3.8, 4) is 0 Å². The SMILES string of the molecule is O=c1cnc(S(=O)O)c[nH]1. The Bertz CT molecular complexity index is 287. The summed E-state index contributed by atoms with van der Waals surface area (Å²) >= 11 is -2.12. The zero-order valence-corrected chi connectivity index (χ0v) is 5.59. The molecule has 0 aromatic carbocycles. The molecular formula is C4H4N2O3S. The minimum atomic E-state index is -2.12. The van der Waals surface area contributed by atoms with E-state index in [1.165, 1.54) is 0 Å². The molecule has 0 bridgehead atoms. The number of nitrogens with zero attached hydrogens (tertiary/aromatic N) is 1. The van der Waals surface area contributed by atoms with Gasteiger partial charge in [-0.25, -0.2) is 9.19 Å². The van der Waals surface area contributed by atoms with E-state index in [2.05, 4.69) is 9.97 Å². The van der Waals surface area contributed by atoms with Crippen LogP contribution in [0.25, 0.3) is 0 Å². The Morgan fingerprint density at radius 3 is 2.80 bits per heavy atom. The summed E-state index contributed by atoms with van der Waals surface area (Å²) < 4.78 is 18.6. The van der Waals surface area contributed by atoms with Gasteiger partial charge in [0.1, 0.15) is 0 Å². The standard InChI is InChI=1S/C4H4N2O3S/c7-3-1-6-4(2-5-3)10(8)9/h1-2H,(H,5,7)(H,8,9). The topological polar surface area (TPSA) is 83.1 Å². The molecule has 1 aromatic heterocycles. The maximum atomic E-state index is 10.3. The summed E-state index contributed by atoms with van der Waals surface area (Å²) in [7, 11) is 0. The van der Waals surface area contributed by atoms with Crippen LogP contribution in [0, 0.1) is 0 Å². The average molecular weight is 160 g/mol. The number of hydrogen-bond acceptors (Lipinski definition) is 3. The van der Waals surface area contributed by atoms with Crippen molar-refractivity contribution < 1.29 is 8.76 Å². The maximum Gasteiger partial charge on any atom is 0.266 e. The molecule has 0 saturated carbocycles. The van der Waals surface area contributed by atoms with Gasteiger partial charge in [-0.15, -0.1) is 0 Å². The molecular weight excluding hydrogens is 156 g/mol. The van der Waals surface area contributed by atoms with E-state index in [4.69, 9.17) is 4.55 Å². The molecule has 0 spiro atoms. The molecule has 54 valence electrons. The predicted molar refractivity (Wildman–Crippen MR) is 33.9 cm³/mol. The van der Waals surface area contributed by atoms with Gasteiger partial charge in [-0.05, 0) is 0 Å². The zero-order chi connectivity index (χ0) is 7.56. The first-order chi connectivity index (χ1) is 4.70. The molecule has 5 nitrogen and oxygen atoms in total. The summed E-state index contributed by atoms with van der Waals surface area (Å²) in [6.45, 7) is 0. The van der Waals surface area contributed by atoms with E-state index in [1.807, 2.05) is 0 Å². The van der Waals surface area contributed by atoms with Crippen LogP contribution in [0.5, 0.6) is 0 Å². The Morgan fingerprint density at radius 2 is 2.40 bits per heavy atom. The molecule has 1 atom stereocenters. The van der Waals surface area contributed by atoms with Crippen molar-refractivity contribution in [2.24, 2.45) is 0 Å². The lowest BCUT2D eigenvalue weighted by atomic mass is 10.7. The Hall–Kier alpha value is -1.01. The highest BCUT2D eigenvalue weighted by Crippen LogP contribution is 1.91. The van der Waals surface area contributed by atoms with Crippen molar-refractivity contribution in [2.45, 2.75) is 5.03 Å². The van der Waals surface area contributed by atoms with Crippen LogP contribution in [0.1, 0.15) is 0 Å². The molecule has 2 N–H and O–H groups in total. The second-order valence-corrected chi connectivity index (χ2v) is 2.42.